The Kier molecular flexibility index (Phi) is 6.90. The van der Waals surface area contributed by atoms with Crippen molar-refractivity contribution in [1.82, 2.24) is 4.31 Å². The molecule has 1 aliphatic heterocycles. The van der Waals surface area contributed by atoms with Crippen LogP contribution in [0.5, 0.6) is 5.75 Å². The second kappa shape index (κ2) is 9.87. The SMILES string of the molecule is CCOC(=O)C[C@H]1c2ccccc2[C@@H](Nc2ccc(OC)cc2)N1S(=O)(=O)c1ccc(C)cc1. The Morgan fingerprint density at radius 3 is 2.24 bits per heavy atom. The number of carbonyl (C=O) groups excluding carboxylic acids is 1. The lowest BCUT2D eigenvalue weighted by Crippen LogP contribution is -2.37. The van der Waals surface area contributed by atoms with Gasteiger partial charge in [-0.05, 0) is 61.4 Å². The maximum atomic E-state index is 14.0. The molecule has 0 saturated carbocycles. The number of rotatable bonds is 8. The summed E-state index contributed by atoms with van der Waals surface area (Å²) < 4.78 is 39.8. The van der Waals surface area contributed by atoms with E-state index < -0.39 is 28.2 Å². The molecule has 1 N–H and O–H groups in total. The van der Waals surface area contributed by atoms with Crippen LogP contribution in [0.4, 0.5) is 5.69 Å². The van der Waals surface area contributed by atoms with E-state index in [0.717, 1.165) is 22.4 Å². The first-order valence-electron chi connectivity index (χ1n) is 11.1. The maximum absolute atomic E-state index is 14.0. The zero-order valence-electron chi connectivity index (χ0n) is 19.4. The van der Waals surface area contributed by atoms with E-state index >= 15 is 0 Å². The maximum Gasteiger partial charge on any atom is 0.307 e. The molecule has 1 heterocycles. The molecular weight excluding hydrogens is 452 g/mol. The Labute approximate surface area is 200 Å². The first-order chi connectivity index (χ1) is 16.3. The predicted octanol–water partition coefficient (Wildman–Crippen LogP) is 4.81. The molecule has 7 nitrogen and oxygen atoms in total. The van der Waals surface area contributed by atoms with Crippen molar-refractivity contribution in [3.05, 3.63) is 89.5 Å². The van der Waals surface area contributed by atoms with Crippen molar-refractivity contribution in [1.29, 1.82) is 0 Å². The Hall–Kier alpha value is -3.36. The second-order valence-electron chi connectivity index (χ2n) is 8.08. The van der Waals surface area contributed by atoms with Crippen LogP contribution in [0, 0.1) is 6.92 Å². The van der Waals surface area contributed by atoms with E-state index in [9.17, 15) is 13.2 Å². The van der Waals surface area contributed by atoms with Gasteiger partial charge in [-0.25, -0.2) is 8.42 Å². The summed E-state index contributed by atoms with van der Waals surface area (Å²) in [4.78, 5) is 12.7. The fraction of sp³-hybridized carbons (Fsp3) is 0.269. The largest absolute Gasteiger partial charge is 0.497 e. The molecule has 2 atom stereocenters. The van der Waals surface area contributed by atoms with Crippen LogP contribution in [0.15, 0.2) is 77.7 Å². The fourth-order valence-electron chi connectivity index (χ4n) is 4.22. The van der Waals surface area contributed by atoms with Crippen LogP contribution in [0.3, 0.4) is 0 Å². The zero-order valence-corrected chi connectivity index (χ0v) is 20.2. The Bertz CT molecular complexity index is 1260. The van der Waals surface area contributed by atoms with Crippen LogP contribution < -0.4 is 10.1 Å². The van der Waals surface area contributed by atoms with Crippen molar-refractivity contribution >= 4 is 21.7 Å². The molecule has 1 aliphatic rings. The number of carbonyl (C=O) groups is 1. The summed E-state index contributed by atoms with van der Waals surface area (Å²) in [6, 6.07) is 20.8. The molecule has 0 spiro atoms. The van der Waals surface area contributed by atoms with Crippen LogP contribution >= 0.6 is 0 Å². The highest BCUT2D eigenvalue weighted by Crippen LogP contribution is 2.47. The molecule has 0 radical (unpaired) electrons. The third-order valence-corrected chi connectivity index (χ3v) is 7.75. The highest BCUT2D eigenvalue weighted by atomic mass is 32.2. The van der Waals surface area contributed by atoms with Gasteiger partial charge in [0.1, 0.15) is 11.9 Å². The lowest BCUT2D eigenvalue weighted by molar-refractivity contribution is -0.144. The summed E-state index contributed by atoms with van der Waals surface area (Å²) in [5.74, 6) is 0.248. The summed E-state index contributed by atoms with van der Waals surface area (Å²) in [6.45, 7) is 3.86. The fourth-order valence-corrected chi connectivity index (χ4v) is 5.91. The Morgan fingerprint density at radius 1 is 0.971 bits per heavy atom. The number of aryl methyl sites for hydroxylation is 1. The number of methoxy groups -OCH3 is 1. The molecule has 3 aromatic carbocycles. The molecule has 0 unspecified atom stereocenters. The van der Waals surface area contributed by atoms with Gasteiger partial charge in [0.05, 0.1) is 31.1 Å². The lowest BCUT2D eigenvalue weighted by Gasteiger charge is -2.30. The molecule has 0 bridgehead atoms. The van der Waals surface area contributed by atoms with E-state index in [4.69, 9.17) is 9.47 Å². The number of hydrogen-bond acceptors (Lipinski definition) is 6. The number of anilines is 1. The molecule has 0 fully saturated rings. The number of ether oxygens (including phenoxy) is 2. The van der Waals surface area contributed by atoms with Gasteiger partial charge in [-0.15, -0.1) is 0 Å². The van der Waals surface area contributed by atoms with Gasteiger partial charge in [-0.1, -0.05) is 42.0 Å². The van der Waals surface area contributed by atoms with Crippen LogP contribution in [0.1, 0.15) is 42.2 Å². The summed E-state index contributed by atoms with van der Waals surface area (Å²) in [5.41, 5.74) is 3.25. The molecule has 0 aromatic heterocycles. The summed E-state index contributed by atoms with van der Waals surface area (Å²) >= 11 is 0. The van der Waals surface area contributed by atoms with Gasteiger partial charge in [0.2, 0.25) is 10.0 Å². The molecule has 178 valence electrons. The number of nitrogens with zero attached hydrogens (tertiary/aromatic N) is 1. The third-order valence-electron chi connectivity index (χ3n) is 5.87. The van der Waals surface area contributed by atoms with Crippen molar-refractivity contribution in [2.24, 2.45) is 0 Å². The van der Waals surface area contributed by atoms with Gasteiger partial charge in [0.15, 0.2) is 0 Å². The normalized spacial score (nSPS) is 17.7. The van der Waals surface area contributed by atoms with Crippen molar-refractivity contribution in [3.63, 3.8) is 0 Å². The number of esters is 1. The number of sulfonamides is 1. The van der Waals surface area contributed by atoms with E-state index in [1.807, 2.05) is 43.3 Å². The van der Waals surface area contributed by atoms with Crippen molar-refractivity contribution in [2.75, 3.05) is 19.0 Å². The van der Waals surface area contributed by atoms with Gasteiger partial charge >= 0.3 is 5.97 Å². The van der Waals surface area contributed by atoms with Gasteiger partial charge in [-0.2, -0.15) is 4.31 Å². The predicted molar refractivity (Wildman–Crippen MR) is 130 cm³/mol. The highest BCUT2D eigenvalue weighted by molar-refractivity contribution is 7.89. The minimum atomic E-state index is -3.98. The Morgan fingerprint density at radius 2 is 1.62 bits per heavy atom. The topological polar surface area (TPSA) is 84.9 Å². The summed E-state index contributed by atoms with van der Waals surface area (Å²) in [5, 5.41) is 3.36. The lowest BCUT2D eigenvalue weighted by atomic mass is 10.0. The van der Waals surface area contributed by atoms with Crippen LogP contribution in [0.25, 0.3) is 0 Å². The zero-order chi connectivity index (χ0) is 24.3. The highest BCUT2D eigenvalue weighted by Gasteiger charge is 2.46. The summed E-state index contributed by atoms with van der Waals surface area (Å²) in [7, 11) is -2.39. The molecule has 8 heteroatoms. The third kappa shape index (κ3) is 4.64. The molecule has 3 aromatic rings. The van der Waals surface area contributed by atoms with Gasteiger partial charge in [0.25, 0.3) is 0 Å². The summed E-state index contributed by atoms with van der Waals surface area (Å²) in [6.07, 6.45) is -0.799. The van der Waals surface area contributed by atoms with E-state index in [1.165, 1.54) is 4.31 Å². The smallest absolute Gasteiger partial charge is 0.307 e. The monoisotopic (exact) mass is 480 g/mol. The average molecular weight is 481 g/mol. The minimum Gasteiger partial charge on any atom is -0.497 e. The first-order valence-corrected chi connectivity index (χ1v) is 12.5. The minimum absolute atomic E-state index is 0.0866. The van der Waals surface area contributed by atoms with Crippen LogP contribution in [-0.4, -0.2) is 32.4 Å². The molecule has 0 saturated heterocycles. The number of benzene rings is 3. The van der Waals surface area contributed by atoms with Gasteiger partial charge in [0, 0.05) is 5.69 Å². The standard InChI is InChI=1S/C26H28N2O5S/c1-4-33-25(29)17-24-22-7-5-6-8-23(22)26(27-19-11-13-20(32-3)14-12-19)28(24)34(30,31)21-15-9-18(2)10-16-21/h5-16,24,26-27H,4,17H2,1-3H3/t24-,26-/m0/s1. The van der Waals surface area contributed by atoms with E-state index in [0.29, 0.717) is 5.75 Å². The molecule has 0 aliphatic carbocycles. The second-order valence-corrected chi connectivity index (χ2v) is 9.92. The van der Waals surface area contributed by atoms with E-state index in [1.54, 1.807) is 50.4 Å². The number of nitrogens with one attached hydrogen (secondary N) is 1. The first kappa shape index (κ1) is 23.8. The van der Waals surface area contributed by atoms with Crippen molar-refractivity contribution < 1.29 is 22.7 Å². The quantitative estimate of drug-likeness (QED) is 0.466. The van der Waals surface area contributed by atoms with Crippen molar-refractivity contribution in [3.8, 4) is 5.75 Å². The molecule has 34 heavy (non-hydrogen) atoms. The van der Waals surface area contributed by atoms with Crippen molar-refractivity contribution in [2.45, 2.75) is 37.4 Å². The average Bonchev–Trinajstić information content (AvgIpc) is 3.13. The molecular formula is C26H28N2O5S. The number of hydrogen-bond donors (Lipinski definition) is 1. The van der Waals surface area contributed by atoms with Crippen LogP contribution in [-0.2, 0) is 19.6 Å². The van der Waals surface area contributed by atoms with Crippen LogP contribution in [0.2, 0.25) is 0 Å². The van der Waals surface area contributed by atoms with E-state index in [-0.39, 0.29) is 17.9 Å². The van der Waals surface area contributed by atoms with Gasteiger partial charge < -0.3 is 14.8 Å². The molecule has 4 rings (SSSR count). The van der Waals surface area contributed by atoms with E-state index in [2.05, 4.69) is 5.32 Å². The molecule has 0 amide bonds. The Balaban J connectivity index is 1.81. The van der Waals surface area contributed by atoms with Gasteiger partial charge in [-0.3, -0.25) is 4.79 Å². The number of fused-ring (bicyclic) bond motifs is 1.